The van der Waals surface area contributed by atoms with Crippen molar-refractivity contribution in [2.45, 2.75) is 13.5 Å². The van der Waals surface area contributed by atoms with E-state index in [1.807, 2.05) is 12.1 Å². The van der Waals surface area contributed by atoms with Crippen LogP contribution in [0.5, 0.6) is 0 Å². The number of hydrogen-bond donors (Lipinski definition) is 1. The first-order chi connectivity index (χ1) is 12.4. The van der Waals surface area contributed by atoms with E-state index in [0.717, 1.165) is 18.7 Å². The largest absolute Gasteiger partial charge is 0.322 e. The summed E-state index contributed by atoms with van der Waals surface area (Å²) < 4.78 is 13.6. The predicted molar refractivity (Wildman–Crippen MR) is 103 cm³/mol. The van der Waals surface area contributed by atoms with E-state index >= 15 is 0 Å². The average Bonchev–Trinajstić information content (AvgIpc) is 2.61. The summed E-state index contributed by atoms with van der Waals surface area (Å²) in [6, 6.07) is 9.98. The third-order valence-electron chi connectivity index (χ3n) is 4.49. The smallest absolute Gasteiger partial charge is 0.321 e. The second kappa shape index (κ2) is 8.25. The molecule has 4 nitrogen and oxygen atoms in total. The summed E-state index contributed by atoms with van der Waals surface area (Å²) in [6.07, 6.45) is 0. The van der Waals surface area contributed by atoms with Crippen LogP contribution in [0, 0.1) is 12.7 Å². The number of hydrogen-bond acceptors (Lipinski definition) is 2. The first kappa shape index (κ1) is 19.0. The molecule has 0 aromatic heterocycles. The lowest BCUT2D eigenvalue weighted by molar-refractivity contribution is 0.143. The molecule has 26 heavy (non-hydrogen) atoms. The Morgan fingerprint density at radius 1 is 1.12 bits per heavy atom. The number of carbonyl (C=O) groups is 1. The van der Waals surface area contributed by atoms with Gasteiger partial charge in [0.1, 0.15) is 5.82 Å². The molecule has 1 saturated heterocycles. The highest BCUT2D eigenvalue weighted by Gasteiger charge is 2.21. The van der Waals surface area contributed by atoms with Gasteiger partial charge in [-0.15, -0.1) is 0 Å². The molecule has 1 heterocycles. The van der Waals surface area contributed by atoms with Crippen LogP contribution in [0.15, 0.2) is 36.4 Å². The Balaban J connectivity index is 1.52. The van der Waals surface area contributed by atoms with Crippen molar-refractivity contribution in [3.05, 3.63) is 63.4 Å². The summed E-state index contributed by atoms with van der Waals surface area (Å²) in [6.45, 7) is 5.10. The Labute approximate surface area is 162 Å². The quantitative estimate of drug-likeness (QED) is 0.810. The zero-order chi connectivity index (χ0) is 18.7. The average molecular weight is 396 g/mol. The van der Waals surface area contributed by atoms with Gasteiger partial charge in [0.15, 0.2) is 0 Å². The van der Waals surface area contributed by atoms with Crippen LogP contribution in [0.4, 0.5) is 14.9 Å². The molecule has 3 rings (SSSR count). The molecule has 0 unspecified atom stereocenters. The van der Waals surface area contributed by atoms with Crippen molar-refractivity contribution in [3.8, 4) is 0 Å². The van der Waals surface area contributed by atoms with Crippen LogP contribution in [0.3, 0.4) is 0 Å². The maximum Gasteiger partial charge on any atom is 0.321 e. The SMILES string of the molecule is Cc1ccc(NC(=O)N2CCN(Cc3ccc(Cl)cc3Cl)CC2)cc1F. The highest BCUT2D eigenvalue weighted by molar-refractivity contribution is 6.35. The Morgan fingerprint density at radius 3 is 2.50 bits per heavy atom. The molecular weight excluding hydrogens is 376 g/mol. The number of halogens is 3. The number of piperazine rings is 1. The summed E-state index contributed by atoms with van der Waals surface area (Å²) in [4.78, 5) is 16.3. The van der Waals surface area contributed by atoms with Crippen LogP contribution in [-0.4, -0.2) is 42.0 Å². The van der Waals surface area contributed by atoms with Crippen molar-refractivity contribution in [3.63, 3.8) is 0 Å². The van der Waals surface area contributed by atoms with Gasteiger partial charge in [-0.2, -0.15) is 0 Å². The monoisotopic (exact) mass is 395 g/mol. The molecule has 0 atom stereocenters. The minimum atomic E-state index is -0.326. The first-order valence-corrected chi connectivity index (χ1v) is 9.16. The minimum Gasteiger partial charge on any atom is -0.322 e. The third-order valence-corrected chi connectivity index (χ3v) is 5.08. The summed E-state index contributed by atoms with van der Waals surface area (Å²) in [5.74, 6) is -0.326. The Hall–Kier alpha value is -1.82. The molecule has 138 valence electrons. The number of nitrogens with zero attached hydrogens (tertiary/aromatic N) is 2. The standard InChI is InChI=1S/C19H20Cl2FN3O/c1-13-2-5-16(11-18(13)22)23-19(26)25-8-6-24(7-9-25)12-14-3-4-15(20)10-17(14)21/h2-5,10-11H,6-9,12H2,1H3,(H,23,26). The van der Waals surface area contributed by atoms with Crippen LogP contribution >= 0.6 is 23.2 Å². The molecule has 0 saturated carbocycles. The molecule has 1 aliphatic heterocycles. The van der Waals surface area contributed by atoms with Crippen LogP contribution in [-0.2, 0) is 6.54 Å². The number of nitrogens with one attached hydrogen (secondary N) is 1. The Kier molecular flexibility index (Phi) is 6.01. The van der Waals surface area contributed by atoms with Gasteiger partial charge >= 0.3 is 6.03 Å². The fraction of sp³-hybridized carbons (Fsp3) is 0.316. The lowest BCUT2D eigenvalue weighted by atomic mass is 10.2. The van der Waals surface area contributed by atoms with E-state index in [1.165, 1.54) is 6.07 Å². The number of amides is 2. The van der Waals surface area contributed by atoms with Gasteiger partial charge in [0.2, 0.25) is 0 Å². The van der Waals surface area contributed by atoms with Gasteiger partial charge in [-0.05, 0) is 42.3 Å². The molecule has 0 radical (unpaired) electrons. The molecule has 0 bridgehead atoms. The van der Waals surface area contributed by atoms with Gasteiger partial charge < -0.3 is 10.2 Å². The maximum atomic E-state index is 13.6. The summed E-state index contributed by atoms with van der Waals surface area (Å²) in [7, 11) is 0. The van der Waals surface area contributed by atoms with E-state index in [1.54, 1.807) is 30.0 Å². The highest BCUT2D eigenvalue weighted by atomic mass is 35.5. The van der Waals surface area contributed by atoms with E-state index in [-0.39, 0.29) is 11.8 Å². The van der Waals surface area contributed by atoms with E-state index in [0.29, 0.717) is 40.9 Å². The number of rotatable bonds is 3. The fourth-order valence-corrected chi connectivity index (χ4v) is 3.34. The summed E-state index contributed by atoms with van der Waals surface area (Å²) >= 11 is 12.2. The van der Waals surface area contributed by atoms with Gasteiger partial charge in [0, 0.05) is 48.5 Å². The Morgan fingerprint density at radius 2 is 1.85 bits per heavy atom. The summed E-state index contributed by atoms with van der Waals surface area (Å²) in [5, 5.41) is 4.02. The maximum absolute atomic E-state index is 13.6. The van der Waals surface area contributed by atoms with Gasteiger partial charge in [-0.1, -0.05) is 35.3 Å². The number of urea groups is 1. The van der Waals surface area contributed by atoms with E-state index in [4.69, 9.17) is 23.2 Å². The zero-order valence-electron chi connectivity index (χ0n) is 14.4. The zero-order valence-corrected chi connectivity index (χ0v) is 15.9. The fourth-order valence-electron chi connectivity index (χ4n) is 2.87. The topological polar surface area (TPSA) is 35.6 Å². The number of anilines is 1. The molecular formula is C19H20Cl2FN3O. The predicted octanol–water partition coefficient (Wildman–Crippen LogP) is 4.79. The van der Waals surface area contributed by atoms with Crippen LogP contribution in [0.2, 0.25) is 10.0 Å². The Bertz CT molecular complexity index is 807. The molecule has 0 aliphatic carbocycles. The van der Waals surface area contributed by atoms with Crippen molar-refractivity contribution in [1.29, 1.82) is 0 Å². The molecule has 1 fully saturated rings. The minimum absolute atomic E-state index is 0.211. The van der Waals surface area contributed by atoms with Gasteiger partial charge in [0.05, 0.1) is 0 Å². The summed E-state index contributed by atoms with van der Waals surface area (Å²) in [5.41, 5.74) is 2.04. The normalized spacial score (nSPS) is 15.2. The van der Waals surface area contributed by atoms with Crippen molar-refractivity contribution in [1.82, 2.24) is 9.80 Å². The number of benzene rings is 2. The molecule has 2 amide bonds. The molecule has 2 aromatic rings. The van der Waals surface area contributed by atoms with Crippen LogP contribution in [0.1, 0.15) is 11.1 Å². The van der Waals surface area contributed by atoms with E-state index < -0.39 is 0 Å². The lowest BCUT2D eigenvalue weighted by Crippen LogP contribution is -2.49. The molecule has 7 heteroatoms. The third kappa shape index (κ3) is 4.67. The highest BCUT2D eigenvalue weighted by Crippen LogP contribution is 2.23. The van der Waals surface area contributed by atoms with Crippen LogP contribution in [0.25, 0.3) is 0 Å². The van der Waals surface area contributed by atoms with E-state index in [9.17, 15) is 9.18 Å². The molecule has 2 aromatic carbocycles. The van der Waals surface area contributed by atoms with Crippen molar-refractivity contribution >= 4 is 34.9 Å². The van der Waals surface area contributed by atoms with E-state index in [2.05, 4.69) is 10.2 Å². The molecule has 0 spiro atoms. The second-order valence-electron chi connectivity index (χ2n) is 6.39. The van der Waals surface area contributed by atoms with Crippen molar-refractivity contribution in [2.75, 3.05) is 31.5 Å². The van der Waals surface area contributed by atoms with Crippen LogP contribution < -0.4 is 5.32 Å². The molecule has 1 aliphatic rings. The van der Waals surface area contributed by atoms with Crippen molar-refractivity contribution < 1.29 is 9.18 Å². The molecule has 1 N–H and O–H groups in total. The lowest BCUT2D eigenvalue weighted by Gasteiger charge is -2.34. The first-order valence-electron chi connectivity index (χ1n) is 8.41. The number of carbonyl (C=O) groups excluding carboxylic acids is 1. The van der Waals surface area contributed by atoms with Gasteiger partial charge in [-0.3, -0.25) is 4.90 Å². The van der Waals surface area contributed by atoms with Gasteiger partial charge in [0.25, 0.3) is 0 Å². The van der Waals surface area contributed by atoms with Gasteiger partial charge in [-0.25, -0.2) is 9.18 Å². The number of aryl methyl sites for hydroxylation is 1. The van der Waals surface area contributed by atoms with Crippen molar-refractivity contribution in [2.24, 2.45) is 0 Å². The second-order valence-corrected chi connectivity index (χ2v) is 7.24.